The molecular weight excluding hydrogens is 598 g/mol. The number of allylic oxidation sites excluding steroid dienone is 2. The molecule has 1 unspecified atom stereocenters. The van der Waals surface area contributed by atoms with Gasteiger partial charge in [-0.05, 0) is 72.2 Å². The van der Waals surface area contributed by atoms with Crippen molar-refractivity contribution in [2.45, 2.75) is 32.6 Å². The molecule has 4 rings (SSSR count). The molecule has 0 saturated carbocycles. The largest absolute Gasteiger partial charge is 0.768 e. The highest BCUT2D eigenvalue weighted by Crippen LogP contribution is 2.35. The first kappa shape index (κ1) is 34.0. The number of amides is 1. The molecule has 2 aromatic carbocycles. The number of rotatable bonds is 11. The standard InChI is InChI=1S/C34H40F2N4O4S/c1-5-13-37-33(24(4)8-10-25-9-7-23(3)18-32(25)40-14-16-44-17-15-40)38-34(41)30-22-39(20-27(6-2)45(42)43)21-29(30)28-12-11-26(35)19-31(28)36/h5-7,9,11-13,18-20,29-30H,2,4,8,10,14-17,21-22H2,1,3H3,(H,42,43)(H,37,38,41)/p-1/b13-5-,27-20+/t29-,30+/m0/s1. The van der Waals surface area contributed by atoms with Crippen LogP contribution in [0, 0.1) is 24.5 Å². The van der Waals surface area contributed by atoms with Gasteiger partial charge in [-0.2, -0.15) is 0 Å². The van der Waals surface area contributed by atoms with Crippen LogP contribution in [0.3, 0.4) is 0 Å². The van der Waals surface area contributed by atoms with E-state index >= 15 is 0 Å². The summed E-state index contributed by atoms with van der Waals surface area (Å²) < 4.78 is 57.4. The number of hydrogen-bond donors (Lipinski definition) is 1. The normalized spacial score (nSPS) is 20.0. The van der Waals surface area contributed by atoms with Gasteiger partial charge in [0, 0.05) is 61.2 Å². The van der Waals surface area contributed by atoms with Crippen LogP contribution in [0.15, 0.2) is 89.6 Å². The molecule has 45 heavy (non-hydrogen) atoms. The minimum Gasteiger partial charge on any atom is -0.768 e. The van der Waals surface area contributed by atoms with E-state index < -0.39 is 40.5 Å². The van der Waals surface area contributed by atoms with E-state index in [1.165, 1.54) is 18.3 Å². The maximum absolute atomic E-state index is 15.0. The van der Waals surface area contributed by atoms with Gasteiger partial charge in [-0.3, -0.25) is 9.00 Å². The number of nitrogens with zero attached hydrogens (tertiary/aromatic N) is 3. The molecule has 1 amide bonds. The first-order valence-electron chi connectivity index (χ1n) is 14.8. The van der Waals surface area contributed by atoms with Crippen LogP contribution in [-0.4, -0.2) is 64.8 Å². The smallest absolute Gasteiger partial charge is 0.231 e. The van der Waals surface area contributed by atoms with Gasteiger partial charge in [0.1, 0.15) is 17.5 Å². The fourth-order valence-electron chi connectivity index (χ4n) is 5.62. The number of benzene rings is 2. The molecule has 3 atom stereocenters. The lowest BCUT2D eigenvalue weighted by Crippen LogP contribution is -2.39. The minimum atomic E-state index is -2.55. The number of aryl methyl sites for hydroxylation is 2. The molecule has 0 bridgehead atoms. The second-order valence-corrected chi connectivity index (χ2v) is 12.0. The minimum absolute atomic E-state index is 0.0642. The third kappa shape index (κ3) is 8.84. The summed E-state index contributed by atoms with van der Waals surface area (Å²) in [5.74, 6) is -3.14. The average molecular weight is 638 g/mol. The molecule has 0 aliphatic carbocycles. The van der Waals surface area contributed by atoms with Gasteiger partial charge >= 0.3 is 0 Å². The maximum Gasteiger partial charge on any atom is 0.231 e. The van der Waals surface area contributed by atoms with E-state index in [2.05, 4.69) is 53.5 Å². The summed E-state index contributed by atoms with van der Waals surface area (Å²) >= 11 is -2.55. The zero-order valence-corrected chi connectivity index (χ0v) is 26.5. The molecule has 240 valence electrons. The topological polar surface area (TPSA) is 97.3 Å². The monoisotopic (exact) mass is 637 g/mol. The van der Waals surface area contributed by atoms with Crippen LogP contribution in [-0.2, 0) is 27.0 Å². The fraction of sp³-hybridized carbons (Fsp3) is 0.353. The number of morpholine rings is 1. The predicted molar refractivity (Wildman–Crippen MR) is 173 cm³/mol. The Hall–Kier alpha value is -3.93. The van der Waals surface area contributed by atoms with Crippen molar-refractivity contribution in [3.63, 3.8) is 0 Å². The van der Waals surface area contributed by atoms with Crippen molar-refractivity contribution in [1.29, 1.82) is 0 Å². The SMILES string of the molecule is C=C/C(=C\N1C[C@@H](C(=O)NC(=N/C=C\C)C(=C)CCc2ccc(C)cc2N2CCOCC2)[C@H](c2ccc(F)cc2F)C1)S(=O)[O-]. The van der Waals surface area contributed by atoms with Gasteiger partial charge in [-0.15, -0.1) is 0 Å². The Labute approximate surface area is 266 Å². The molecule has 8 nitrogen and oxygen atoms in total. The summed E-state index contributed by atoms with van der Waals surface area (Å²) in [5, 5.41) is 2.91. The lowest BCUT2D eigenvalue weighted by atomic mass is 9.87. The Morgan fingerprint density at radius 1 is 1.20 bits per heavy atom. The number of halogens is 2. The number of ether oxygens (including phenoxy) is 1. The maximum atomic E-state index is 15.0. The van der Waals surface area contributed by atoms with Crippen LogP contribution in [0.2, 0.25) is 0 Å². The number of anilines is 1. The van der Waals surface area contributed by atoms with E-state index in [-0.39, 0.29) is 29.4 Å². The van der Waals surface area contributed by atoms with Gasteiger partial charge in [-0.1, -0.05) is 43.5 Å². The third-order valence-corrected chi connectivity index (χ3v) is 8.63. The van der Waals surface area contributed by atoms with E-state index in [0.717, 1.165) is 42.0 Å². The fourth-order valence-corrected chi connectivity index (χ4v) is 6.00. The molecule has 0 aromatic heterocycles. The molecular formula is C34H39F2N4O4S-. The number of hydrogen-bond acceptors (Lipinski definition) is 7. The van der Waals surface area contributed by atoms with Crippen molar-refractivity contribution in [2.24, 2.45) is 10.9 Å². The van der Waals surface area contributed by atoms with E-state index in [1.54, 1.807) is 24.1 Å². The number of amidine groups is 1. The first-order chi connectivity index (χ1) is 21.6. The summed E-state index contributed by atoms with van der Waals surface area (Å²) in [4.78, 5) is 22.2. The third-order valence-electron chi connectivity index (χ3n) is 7.97. The van der Waals surface area contributed by atoms with Crippen LogP contribution in [0.1, 0.15) is 36.0 Å². The molecule has 0 spiro atoms. The van der Waals surface area contributed by atoms with Crippen LogP contribution in [0.5, 0.6) is 0 Å². The summed E-state index contributed by atoms with van der Waals surface area (Å²) in [6.45, 7) is 14.8. The van der Waals surface area contributed by atoms with Crippen LogP contribution >= 0.6 is 0 Å². The van der Waals surface area contributed by atoms with Gasteiger partial charge < -0.3 is 24.4 Å². The van der Waals surface area contributed by atoms with Gasteiger partial charge in [0.05, 0.1) is 19.1 Å². The molecule has 0 radical (unpaired) electrons. The highest BCUT2D eigenvalue weighted by atomic mass is 32.2. The van der Waals surface area contributed by atoms with Crippen molar-refractivity contribution in [3.05, 3.63) is 113 Å². The number of likely N-dealkylation sites (tertiary alicyclic amines) is 1. The van der Waals surface area contributed by atoms with Crippen LogP contribution in [0.25, 0.3) is 0 Å². The Bertz CT molecular complexity index is 1530. The van der Waals surface area contributed by atoms with Crippen molar-refractivity contribution in [2.75, 3.05) is 44.3 Å². The Balaban J connectivity index is 1.55. The highest BCUT2D eigenvalue weighted by molar-refractivity contribution is 7.83. The molecule has 2 saturated heterocycles. The molecule has 1 N–H and O–H groups in total. The Morgan fingerprint density at radius 3 is 2.62 bits per heavy atom. The molecule has 2 aromatic rings. The van der Waals surface area contributed by atoms with Gasteiger partial charge in [-0.25, -0.2) is 13.8 Å². The van der Waals surface area contributed by atoms with E-state index in [4.69, 9.17) is 4.74 Å². The summed E-state index contributed by atoms with van der Waals surface area (Å²) in [6, 6.07) is 9.61. The van der Waals surface area contributed by atoms with Crippen molar-refractivity contribution < 1.29 is 27.1 Å². The summed E-state index contributed by atoms with van der Waals surface area (Å²) in [7, 11) is 0. The van der Waals surface area contributed by atoms with Crippen molar-refractivity contribution in [1.82, 2.24) is 10.2 Å². The second kappa shape index (κ2) is 15.9. The van der Waals surface area contributed by atoms with Gasteiger partial charge in [0.2, 0.25) is 5.91 Å². The van der Waals surface area contributed by atoms with E-state index in [1.807, 2.05) is 0 Å². The van der Waals surface area contributed by atoms with Crippen LogP contribution < -0.4 is 10.2 Å². The molecule has 2 heterocycles. The van der Waals surface area contributed by atoms with Gasteiger partial charge in [0.15, 0.2) is 0 Å². The van der Waals surface area contributed by atoms with E-state index in [9.17, 15) is 22.3 Å². The van der Waals surface area contributed by atoms with Crippen molar-refractivity contribution in [3.8, 4) is 0 Å². The number of carbonyl (C=O) groups excluding carboxylic acids is 1. The summed E-state index contributed by atoms with van der Waals surface area (Å²) in [6.07, 6.45) is 7.04. The first-order valence-corrected chi connectivity index (χ1v) is 15.9. The van der Waals surface area contributed by atoms with Crippen molar-refractivity contribution >= 4 is 28.5 Å². The number of nitrogens with one attached hydrogen (secondary N) is 1. The van der Waals surface area contributed by atoms with Gasteiger partial charge in [0.25, 0.3) is 0 Å². The molecule has 2 fully saturated rings. The molecule has 2 aliphatic rings. The predicted octanol–water partition coefficient (Wildman–Crippen LogP) is 5.27. The molecule has 11 heteroatoms. The zero-order valence-electron chi connectivity index (χ0n) is 25.6. The second-order valence-electron chi connectivity index (χ2n) is 11.1. The lowest BCUT2D eigenvalue weighted by molar-refractivity contribution is -0.123. The Kier molecular flexibility index (Phi) is 12.0. The summed E-state index contributed by atoms with van der Waals surface area (Å²) in [5.41, 5.74) is 4.25. The zero-order chi connectivity index (χ0) is 32.5. The highest BCUT2D eigenvalue weighted by Gasteiger charge is 2.39. The number of aliphatic imine (C=N–C) groups is 1. The molecule has 2 aliphatic heterocycles. The van der Waals surface area contributed by atoms with E-state index in [0.29, 0.717) is 31.6 Å². The number of carbonyl (C=O) groups is 1. The lowest BCUT2D eigenvalue weighted by Gasteiger charge is -2.31. The van der Waals surface area contributed by atoms with Crippen LogP contribution in [0.4, 0.5) is 14.5 Å². The Morgan fingerprint density at radius 2 is 1.96 bits per heavy atom. The average Bonchev–Trinajstić information content (AvgIpc) is 3.45. The quantitative estimate of drug-likeness (QED) is 0.156.